The summed E-state index contributed by atoms with van der Waals surface area (Å²) < 4.78 is 4.55. The van der Waals surface area contributed by atoms with Crippen molar-refractivity contribution in [3.8, 4) is 0 Å². The molecule has 1 aromatic heterocycles. The Morgan fingerprint density at radius 1 is 1.78 bits per heavy atom. The SMILES string of the molecule is O=CCCc1ccon1. The molecule has 1 aromatic rings. The molecular formula is C6H7NO2. The van der Waals surface area contributed by atoms with Crippen molar-refractivity contribution in [3.63, 3.8) is 0 Å². The lowest BCUT2D eigenvalue weighted by Gasteiger charge is -1.82. The third kappa shape index (κ3) is 1.68. The number of hydrogen-bond acceptors (Lipinski definition) is 3. The topological polar surface area (TPSA) is 43.1 Å². The Morgan fingerprint density at radius 3 is 3.22 bits per heavy atom. The second kappa shape index (κ2) is 3.02. The standard InChI is InChI=1S/C6H7NO2/c8-4-1-2-6-3-5-9-7-6/h3-5H,1-2H2. The van der Waals surface area contributed by atoms with E-state index in [1.54, 1.807) is 6.07 Å². The molecule has 0 aliphatic heterocycles. The van der Waals surface area contributed by atoms with Crippen LogP contribution in [0.2, 0.25) is 0 Å². The molecule has 0 aliphatic rings. The molecule has 3 heteroatoms. The quantitative estimate of drug-likeness (QED) is 0.561. The molecule has 0 amide bonds. The first-order valence-corrected chi connectivity index (χ1v) is 2.76. The van der Waals surface area contributed by atoms with Gasteiger partial charge in [-0.05, 0) is 6.42 Å². The van der Waals surface area contributed by atoms with Crippen LogP contribution in [0.4, 0.5) is 0 Å². The van der Waals surface area contributed by atoms with Crippen LogP contribution in [0.1, 0.15) is 12.1 Å². The first-order chi connectivity index (χ1) is 4.43. The van der Waals surface area contributed by atoms with Crippen LogP contribution in [0.5, 0.6) is 0 Å². The van der Waals surface area contributed by atoms with Gasteiger partial charge >= 0.3 is 0 Å². The largest absolute Gasteiger partial charge is 0.365 e. The molecule has 1 heterocycles. The maximum Gasteiger partial charge on any atom is 0.124 e. The van der Waals surface area contributed by atoms with E-state index in [0.29, 0.717) is 12.8 Å². The van der Waals surface area contributed by atoms with Gasteiger partial charge in [-0.25, -0.2) is 0 Å². The molecule has 0 spiro atoms. The fraction of sp³-hybridized carbons (Fsp3) is 0.333. The number of carbonyl (C=O) groups is 1. The molecule has 0 bridgehead atoms. The first kappa shape index (κ1) is 6.01. The van der Waals surface area contributed by atoms with E-state index < -0.39 is 0 Å². The van der Waals surface area contributed by atoms with Crippen molar-refractivity contribution in [1.82, 2.24) is 5.16 Å². The normalized spacial score (nSPS) is 9.33. The van der Waals surface area contributed by atoms with E-state index in [1.165, 1.54) is 6.26 Å². The van der Waals surface area contributed by atoms with Gasteiger partial charge in [-0.2, -0.15) is 0 Å². The van der Waals surface area contributed by atoms with Crippen LogP contribution < -0.4 is 0 Å². The highest BCUT2D eigenvalue weighted by Crippen LogP contribution is 1.96. The zero-order valence-corrected chi connectivity index (χ0v) is 4.91. The zero-order chi connectivity index (χ0) is 6.53. The number of nitrogens with zero attached hydrogens (tertiary/aromatic N) is 1. The van der Waals surface area contributed by atoms with Crippen LogP contribution in [0.25, 0.3) is 0 Å². The number of hydrogen-bond donors (Lipinski definition) is 0. The van der Waals surface area contributed by atoms with Gasteiger partial charge in [0.25, 0.3) is 0 Å². The van der Waals surface area contributed by atoms with Crippen LogP contribution in [-0.4, -0.2) is 11.4 Å². The lowest BCUT2D eigenvalue weighted by molar-refractivity contribution is -0.107. The van der Waals surface area contributed by atoms with Gasteiger partial charge in [0.2, 0.25) is 0 Å². The highest BCUT2D eigenvalue weighted by Gasteiger charge is 1.92. The van der Waals surface area contributed by atoms with E-state index >= 15 is 0 Å². The summed E-state index contributed by atoms with van der Waals surface area (Å²) in [6.07, 6.45) is 3.57. The molecule has 0 atom stereocenters. The number of aromatic nitrogens is 1. The molecule has 0 fully saturated rings. The zero-order valence-electron chi connectivity index (χ0n) is 4.91. The van der Waals surface area contributed by atoms with Gasteiger partial charge in [-0.1, -0.05) is 5.16 Å². The van der Waals surface area contributed by atoms with Gasteiger partial charge in [0.15, 0.2) is 0 Å². The van der Waals surface area contributed by atoms with Crippen LogP contribution >= 0.6 is 0 Å². The van der Waals surface area contributed by atoms with E-state index in [9.17, 15) is 4.79 Å². The smallest absolute Gasteiger partial charge is 0.124 e. The van der Waals surface area contributed by atoms with Gasteiger partial charge in [0.05, 0.1) is 5.69 Å². The molecule has 1 rings (SSSR count). The van der Waals surface area contributed by atoms with E-state index in [1.807, 2.05) is 0 Å². The van der Waals surface area contributed by atoms with Gasteiger partial charge in [-0.15, -0.1) is 0 Å². The summed E-state index contributed by atoms with van der Waals surface area (Å²) >= 11 is 0. The van der Waals surface area contributed by atoms with Gasteiger partial charge in [0.1, 0.15) is 12.5 Å². The third-order valence-electron chi connectivity index (χ3n) is 1.01. The van der Waals surface area contributed by atoms with Crippen LogP contribution in [-0.2, 0) is 11.2 Å². The van der Waals surface area contributed by atoms with Crippen molar-refractivity contribution < 1.29 is 9.32 Å². The Kier molecular flexibility index (Phi) is 2.01. The van der Waals surface area contributed by atoms with Crippen molar-refractivity contribution in [3.05, 3.63) is 18.0 Å². The summed E-state index contributed by atoms with van der Waals surface area (Å²) in [6, 6.07) is 1.75. The van der Waals surface area contributed by atoms with E-state index in [2.05, 4.69) is 9.68 Å². The highest BCUT2D eigenvalue weighted by atomic mass is 16.5. The fourth-order valence-corrected chi connectivity index (χ4v) is 0.573. The maximum atomic E-state index is 9.84. The summed E-state index contributed by atoms with van der Waals surface area (Å²) in [7, 11) is 0. The van der Waals surface area contributed by atoms with Crippen LogP contribution in [0.3, 0.4) is 0 Å². The summed E-state index contributed by atoms with van der Waals surface area (Å²) in [5.41, 5.74) is 0.835. The molecular weight excluding hydrogens is 118 g/mol. The van der Waals surface area contributed by atoms with Crippen molar-refractivity contribution >= 4 is 6.29 Å². The Balaban J connectivity index is 2.38. The molecule has 0 radical (unpaired) electrons. The van der Waals surface area contributed by atoms with Gasteiger partial charge in [0, 0.05) is 12.5 Å². The summed E-state index contributed by atoms with van der Waals surface area (Å²) in [5, 5.41) is 3.62. The van der Waals surface area contributed by atoms with Crippen LogP contribution in [0, 0.1) is 0 Å². The molecule has 0 aliphatic carbocycles. The molecule has 0 saturated heterocycles. The second-order valence-corrected chi connectivity index (χ2v) is 1.70. The number of rotatable bonds is 3. The predicted octanol–water partition coefficient (Wildman–Crippen LogP) is 0.806. The van der Waals surface area contributed by atoms with E-state index in [4.69, 9.17) is 0 Å². The maximum absolute atomic E-state index is 9.84. The van der Waals surface area contributed by atoms with Crippen molar-refractivity contribution in [2.24, 2.45) is 0 Å². The Hall–Kier alpha value is -1.12. The Bertz CT molecular complexity index is 169. The lowest BCUT2D eigenvalue weighted by atomic mass is 10.2. The molecule has 0 saturated carbocycles. The number of aryl methyl sites for hydroxylation is 1. The van der Waals surface area contributed by atoms with E-state index in [-0.39, 0.29) is 0 Å². The minimum Gasteiger partial charge on any atom is -0.365 e. The first-order valence-electron chi connectivity index (χ1n) is 2.76. The highest BCUT2D eigenvalue weighted by molar-refractivity contribution is 5.49. The average Bonchev–Trinajstić information content (AvgIpc) is 2.34. The lowest BCUT2D eigenvalue weighted by Crippen LogP contribution is -1.83. The molecule has 0 aromatic carbocycles. The summed E-state index contributed by atoms with van der Waals surface area (Å²) in [6.45, 7) is 0. The minimum absolute atomic E-state index is 0.520. The minimum atomic E-state index is 0.520. The monoisotopic (exact) mass is 125 g/mol. The molecule has 3 nitrogen and oxygen atoms in total. The average molecular weight is 125 g/mol. The third-order valence-corrected chi connectivity index (χ3v) is 1.01. The fourth-order valence-electron chi connectivity index (χ4n) is 0.573. The molecule has 9 heavy (non-hydrogen) atoms. The van der Waals surface area contributed by atoms with Crippen molar-refractivity contribution in [2.75, 3.05) is 0 Å². The number of aldehydes is 1. The second-order valence-electron chi connectivity index (χ2n) is 1.70. The summed E-state index contributed by atoms with van der Waals surface area (Å²) in [4.78, 5) is 9.84. The van der Waals surface area contributed by atoms with E-state index in [0.717, 1.165) is 12.0 Å². The van der Waals surface area contributed by atoms with Crippen molar-refractivity contribution in [2.45, 2.75) is 12.8 Å². The summed E-state index contributed by atoms with van der Waals surface area (Å²) in [5.74, 6) is 0. The van der Waals surface area contributed by atoms with Gasteiger partial charge < -0.3 is 9.32 Å². The van der Waals surface area contributed by atoms with Gasteiger partial charge in [-0.3, -0.25) is 0 Å². The Morgan fingerprint density at radius 2 is 2.67 bits per heavy atom. The molecule has 0 N–H and O–H groups in total. The van der Waals surface area contributed by atoms with Crippen LogP contribution in [0.15, 0.2) is 16.9 Å². The predicted molar refractivity (Wildman–Crippen MR) is 30.9 cm³/mol. The Labute approximate surface area is 52.7 Å². The number of carbonyl (C=O) groups excluding carboxylic acids is 1. The molecule has 0 unspecified atom stereocenters. The molecule has 48 valence electrons. The van der Waals surface area contributed by atoms with Crippen molar-refractivity contribution in [1.29, 1.82) is 0 Å².